The summed E-state index contributed by atoms with van der Waals surface area (Å²) >= 11 is 0. The zero-order chi connectivity index (χ0) is 14.8. The van der Waals surface area contributed by atoms with Gasteiger partial charge in [-0.1, -0.05) is 0 Å². The molecule has 0 aliphatic rings. The van der Waals surface area contributed by atoms with Crippen LogP contribution in [0.5, 0.6) is 0 Å². The SMILES string of the molecule is COCCOCCOCc1ccoc1CNC(C)(C)C. The predicted molar refractivity (Wildman–Crippen MR) is 77.7 cm³/mol. The summed E-state index contributed by atoms with van der Waals surface area (Å²) in [5.41, 5.74) is 1.15. The largest absolute Gasteiger partial charge is 0.468 e. The van der Waals surface area contributed by atoms with E-state index in [2.05, 4.69) is 26.1 Å². The van der Waals surface area contributed by atoms with Crippen molar-refractivity contribution in [1.82, 2.24) is 5.32 Å². The van der Waals surface area contributed by atoms with Crippen molar-refractivity contribution in [1.29, 1.82) is 0 Å². The Hall–Kier alpha value is -0.880. The molecule has 0 unspecified atom stereocenters. The molecule has 0 atom stereocenters. The van der Waals surface area contributed by atoms with E-state index in [0.29, 0.717) is 39.6 Å². The quantitative estimate of drug-likeness (QED) is 0.669. The van der Waals surface area contributed by atoms with Gasteiger partial charge in [0.25, 0.3) is 0 Å². The normalized spacial score (nSPS) is 12.0. The van der Waals surface area contributed by atoms with Crippen LogP contribution < -0.4 is 5.32 Å². The average molecular weight is 285 g/mol. The summed E-state index contributed by atoms with van der Waals surface area (Å²) < 4.78 is 21.3. The maximum Gasteiger partial charge on any atom is 0.123 e. The molecule has 0 saturated heterocycles. The summed E-state index contributed by atoms with van der Waals surface area (Å²) in [6.07, 6.45) is 1.70. The van der Waals surface area contributed by atoms with E-state index < -0.39 is 0 Å². The molecule has 0 radical (unpaired) electrons. The molecule has 1 aromatic heterocycles. The number of rotatable bonds is 10. The van der Waals surface area contributed by atoms with E-state index in [1.807, 2.05) is 6.07 Å². The Bertz CT molecular complexity index is 357. The van der Waals surface area contributed by atoms with Crippen LogP contribution >= 0.6 is 0 Å². The summed E-state index contributed by atoms with van der Waals surface area (Å²) in [6.45, 7) is 10.0. The summed E-state index contributed by atoms with van der Waals surface area (Å²) in [5, 5.41) is 3.40. The van der Waals surface area contributed by atoms with Crippen molar-refractivity contribution in [3.8, 4) is 0 Å². The van der Waals surface area contributed by atoms with Crippen molar-refractivity contribution < 1.29 is 18.6 Å². The molecule has 1 aromatic rings. The molecule has 5 nitrogen and oxygen atoms in total. The van der Waals surface area contributed by atoms with Gasteiger partial charge in [0.05, 0.1) is 45.8 Å². The van der Waals surface area contributed by atoms with Gasteiger partial charge >= 0.3 is 0 Å². The van der Waals surface area contributed by atoms with Crippen molar-refractivity contribution in [3.05, 3.63) is 23.7 Å². The molecule has 0 aromatic carbocycles. The molecular weight excluding hydrogens is 258 g/mol. The number of methoxy groups -OCH3 is 1. The van der Waals surface area contributed by atoms with Gasteiger partial charge in [-0.15, -0.1) is 0 Å². The Labute approximate surface area is 121 Å². The first-order chi connectivity index (χ1) is 9.53. The molecule has 1 N–H and O–H groups in total. The smallest absolute Gasteiger partial charge is 0.123 e. The van der Waals surface area contributed by atoms with E-state index >= 15 is 0 Å². The Balaban J connectivity index is 2.19. The van der Waals surface area contributed by atoms with Crippen LogP contribution in [-0.2, 0) is 27.4 Å². The number of ether oxygens (including phenoxy) is 3. The van der Waals surface area contributed by atoms with Crippen molar-refractivity contribution in [2.24, 2.45) is 0 Å². The lowest BCUT2D eigenvalue weighted by Gasteiger charge is -2.20. The molecule has 0 aliphatic heterocycles. The fraction of sp³-hybridized carbons (Fsp3) is 0.733. The average Bonchev–Trinajstić information content (AvgIpc) is 2.82. The van der Waals surface area contributed by atoms with Crippen molar-refractivity contribution in [2.75, 3.05) is 33.5 Å². The zero-order valence-electron chi connectivity index (χ0n) is 13.0. The maximum atomic E-state index is 5.58. The number of furan rings is 1. The molecule has 0 saturated carbocycles. The minimum Gasteiger partial charge on any atom is -0.468 e. The Kier molecular flexibility index (Phi) is 7.84. The van der Waals surface area contributed by atoms with E-state index in [9.17, 15) is 0 Å². The molecule has 1 heterocycles. The summed E-state index contributed by atoms with van der Waals surface area (Å²) in [7, 11) is 1.66. The topological polar surface area (TPSA) is 52.9 Å². The first-order valence-electron chi connectivity index (χ1n) is 6.97. The van der Waals surface area contributed by atoms with Crippen molar-refractivity contribution >= 4 is 0 Å². The molecule has 5 heteroatoms. The van der Waals surface area contributed by atoms with Crippen LogP contribution in [0.4, 0.5) is 0 Å². The monoisotopic (exact) mass is 285 g/mol. The molecule has 20 heavy (non-hydrogen) atoms. The van der Waals surface area contributed by atoms with Gasteiger partial charge in [-0.2, -0.15) is 0 Å². The lowest BCUT2D eigenvalue weighted by molar-refractivity contribution is 0.0196. The third-order valence-corrected chi connectivity index (χ3v) is 2.68. The van der Waals surface area contributed by atoms with Gasteiger partial charge < -0.3 is 23.9 Å². The fourth-order valence-electron chi connectivity index (χ4n) is 1.54. The molecule has 0 bridgehead atoms. The van der Waals surface area contributed by atoms with Gasteiger partial charge in [0.2, 0.25) is 0 Å². The van der Waals surface area contributed by atoms with Crippen molar-refractivity contribution in [2.45, 2.75) is 39.5 Å². The Morgan fingerprint density at radius 3 is 2.50 bits per heavy atom. The van der Waals surface area contributed by atoms with Crippen LogP contribution in [0.1, 0.15) is 32.1 Å². The van der Waals surface area contributed by atoms with Gasteiger partial charge in [-0.25, -0.2) is 0 Å². The highest BCUT2D eigenvalue weighted by atomic mass is 16.5. The van der Waals surface area contributed by atoms with Gasteiger partial charge in [0.15, 0.2) is 0 Å². The Morgan fingerprint density at radius 2 is 1.80 bits per heavy atom. The molecule has 1 rings (SSSR count). The third kappa shape index (κ3) is 7.65. The molecule has 0 aliphatic carbocycles. The zero-order valence-corrected chi connectivity index (χ0v) is 13.0. The maximum absolute atomic E-state index is 5.58. The molecule has 0 fully saturated rings. The minimum atomic E-state index is 0.0695. The first-order valence-corrected chi connectivity index (χ1v) is 6.97. The summed E-state index contributed by atoms with van der Waals surface area (Å²) in [5.74, 6) is 0.931. The van der Waals surface area contributed by atoms with E-state index in [1.165, 1.54) is 0 Å². The Morgan fingerprint density at radius 1 is 1.10 bits per heavy atom. The van der Waals surface area contributed by atoms with Crippen LogP contribution in [0.25, 0.3) is 0 Å². The van der Waals surface area contributed by atoms with Crippen molar-refractivity contribution in [3.63, 3.8) is 0 Å². The van der Waals surface area contributed by atoms with Gasteiger partial charge in [0.1, 0.15) is 5.76 Å². The van der Waals surface area contributed by atoms with Gasteiger partial charge in [-0.3, -0.25) is 0 Å². The van der Waals surface area contributed by atoms with E-state index in [-0.39, 0.29) is 5.54 Å². The fourth-order valence-corrected chi connectivity index (χ4v) is 1.54. The summed E-state index contributed by atoms with van der Waals surface area (Å²) in [4.78, 5) is 0. The second kappa shape index (κ2) is 9.13. The van der Waals surface area contributed by atoms with E-state index in [0.717, 1.165) is 11.3 Å². The minimum absolute atomic E-state index is 0.0695. The molecule has 0 spiro atoms. The molecule has 116 valence electrons. The van der Waals surface area contributed by atoms with Crippen LogP contribution in [-0.4, -0.2) is 39.1 Å². The van der Waals surface area contributed by atoms with Gasteiger partial charge in [0, 0.05) is 18.2 Å². The lowest BCUT2D eigenvalue weighted by Crippen LogP contribution is -2.35. The van der Waals surface area contributed by atoms with Crippen LogP contribution in [0.2, 0.25) is 0 Å². The highest BCUT2D eigenvalue weighted by Gasteiger charge is 2.12. The predicted octanol–water partition coefficient (Wildman–Crippen LogP) is 2.35. The third-order valence-electron chi connectivity index (χ3n) is 2.68. The number of hydrogen-bond acceptors (Lipinski definition) is 5. The second-order valence-corrected chi connectivity index (χ2v) is 5.63. The standard InChI is InChI=1S/C15H27NO4/c1-15(2,3)16-11-14-13(5-6-20-14)12-19-10-9-18-8-7-17-4/h5-6,16H,7-12H2,1-4H3. The van der Waals surface area contributed by atoms with E-state index in [4.69, 9.17) is 18.6 Å². The van der Waals surface area contributed by atoms with Crippen LogP contribution in [0.3, 0.4) is 0 Å². The number of hydrogen-bond donors (Lipinski definition) is 1. The molecule has 0 amide bonds. The van der Waals surface area contributed by atoms with E-state index in [1.54, 1.807) is 13.4 Å². The number of nitrogens with one attached hydrogen (secondary N) is 1. The van der Waals surface area contributed by atoms with Crippen LogP contribution in [0.15, 0.2) is 16.7 Å². The lowest BCUT2D eigenvalue weighted by atomic mass is 10.1. The van der Waals surface area contributed by atoms with Gasteiger partial charge in [-0.05, 0) is 26.8 Å². The van der Waals surface area contributed by atoms with Crippen LogP contribution in [0, 0.1) is 0 Å². The first kappa shape index (κ1) is 17.2. The highest BCUT2D eigenvalue weighted by Crippen LogP contribution is 2.13. The highest BCUT2D eigenvalue weighted by molar-refractivity contribution is 5.16. The second-order valence-electron chi connectivity index (χ2n) is 5.63. The molecular formula is C15H27NO4. The summed E-state index contributed by atoms with van der Waals surface area (Å²) in [6, 6.07) is 1.95.